The number of nitriles is 1. The number of nitrogens with one attached hydrogen (secondary N) is 1. The molecule has 0 saturated carbocycles. The zero-order valence-electron chi connectivity index (χ0n) is 16.4. The number of thioether (sulfide) groups is 1. The van der Waals surface area contributed by atoms with Crippen LogP contribution in [0.5, 0.6) is 0 Å². The topological polar surface area (TPSA) is 68.6 Å². The molecule has 0 bridgehead atoms. The molecule has 1 aromatic carbocycles. The standard InChI is InChI=1S/C21H24FN5S/c1-4-27(5-2)9-6-10-28-21-25-19(17-8-7-16(22)11-14(17)3)18-15(12-23)13-24-20(18)26-21/h7-8,11,13H,4-6,9-10H2,1-3H3,(H,24,25,26). The number of fused-ring (bicyclic) bond motifs is 1. The van der Waals surface area contributed by atoms with Crippen LogP contribution in [0.2, 0.25) is 0 Å². The van der Waals surface area contributed by atoms with E-state index in [0.717, 1.165) is 42.9 Å². The largest absolute Gasteiger partial charge is 0.345 e. The number of benzene rings is 1. The molecule has 0 aliphatic rings. The van der Waals surface area contributed by atoms with E-state index in [4.69, 9.17) is 4.98 Å². The quantitative estimate of drug-likeness (QED) is 0.337. The number of hydrogen-bond acceptors (Lipinski definition) is 5. The zero-order valence-corrected chi connectivity index (χ0v) is 17.2. The van der Waals surface area contributed by atoms with Gasteiger partial charge in [0.15, 0.2) is 5.16 Å². The highest BCUT2D eigenvalue weighted by Gasteiger charge is 2.17. The van der Waals surface area contributed by atoms with Crippen LogP contribution in [0.15, 0.2) is 29.6 Å². The molecule has 3 rings (SSSR count). The van der Waals surface area contributed by atoms with Gasteiger partial charge in [0.05, 0.1) is 16.6 Å². The Hall–Kier alpha value is -2.43. The molecular formula is C21H24FN5S. The van der Waals surface area contributed by atoms with Crippen LogP contribution in [0.25, 0.3) is 22.3 Å². The van der Waals surface area contributed by atoms with Gasteiger partial charge in [0, 0.05) is 17.5 Å². The van der Waals surface area contributed by atoms with Gasteiger partial charge in [-0.2, -0.15) is 5.26 Å². The first-order valence-corrected chi connectivity index (χ1v) is 10.5. The Morgan fingerprint density at radius 1 is 1.25 bits per heavy atom. The first-order chi connectivity index (χ1) is 13.6. The van der Waals surface area contributed by atoms with Crippen molar-refractivity contribution in [2.45, 2.75) is 32.3 Å². The lowest BCUT2D eigenvalue weighted by Gasteiger charge is -2.17. The number of aryl methyl sites for hydroxylation is 1. The monoisotopic (exact) mass is 397 g/mol. The van der Waals surface area contributed by atoms with Crippen molar-refractivity contribution in [1.29, 1.82) is 5.26 Å². The van der Waals surface area contributed by atoms with Gasteiger partial charge in [0.2, 0.25) is 0 Å². The molecule has 0 radical (unpaired) electrons. The fraction of sp³-hybridized carbons (Fsp3) is 0.381. The third-order valence-electron chi connectivity index (χ3n) is 4.82. The molecule has 0 aliphatic heterocycles. The summed E-state index contributed by atoms with van der Waals surface area (Å²) >= 11 is 1.61. The van der Waals surface area contributed by atoms with Crippen LogP contribution in [0.3, 0.4) is 0 Å². The van der Waals surface area contributed by atoms with Crippen molar-refractivity contribution in [3.8, 4) is 17.3 Å². The number of aromatic nitrogens is 3. The second-order valence-electron chi connectivity index (χ2n) is 6.58. The lowest BCUT2D eigenvalue weighted by molar-refractivity contribution is 0.305. The number of hydrogen-bond donors (Lipinski definition) is 1. The highest BCUT2D eigenvalue weighted by atomic mass is 32.2. The number of rotatable bonds is 8. The van der Waals surface area contributed by atoms with E-state index in [-0.39, 0.29) is 5.82 Å². The van der Waals surface area contributed by atoms with Crippen molar-refractivity contribution < 1.29 is 4.39 Å². The minimum Gasteiger partial charge on any atom is -0.345 e. The summed E-state index contributed by atoms with van der Waals surface area (Å²) in [6, 6.07) is 6.82. The van der Waals surface area contributed by atoms with E-state index in [0.29, 0.717) is 27.4 Å². The van der Waals surface area contributed by atoms with E-state index < -0.39 is 0 Å². The third-order valence-corrected chi connectivity index (χ3v) is 5.75. The average molecular weight is 398 g/mol. The number of nitrogens with zero attached hydrogens (tertiary/aromatic N) is 4. The minimum absolute atomic E-state index is 0.285. The lowest BCUT2D eigenvalue weighted by Crippen LogP contribution is -2.24. The van der Waals surface area contributed by atoms with Crippen molar-refractivity contribution in [3.63, 3.8) is 0 Å². The van der Waals surface area contributed by atoms with Gasteiger partial charge in [-0.3, -0.25) is 0 Å². The fourth-order valence-corrected chi connectivity index (χ4v) is 4.01. The highest BCUT2D eigenvalue weighted by molar-refractivity contribution is 7.99. The van der Waals surface area contributed by atoms with E-state index in [1.807, 2.05) is 6.92 Å². The smallest absolute Gasteiger partial charge is 0.190 e. The normalized spacial score (nSPS) is 11.3. The summed E-state index contributed by atoms with van der Waals surface area (Å²) in [7, 11) is 0. The Labute approximate surface area is 169 Å². The molecule has 0 unspecified atom stereocenters. The molecule has 7 heteroatoms. The van der Waals surface area contributed by atoms with Gasteiger partial charge in [0.1, 0.15) is 17.5 Å². The fourth-order valence-electron chi connectivity index (χ4n) is 3.24. The maximum absolute atomic E-state index is 13.6. The molecule has 0 spiro atoms. The van der Waals surface area contributed by atoms with Gasteiger partial charge in [0.25, 0.3) is 0 Å². The van der Waals surface area contributed by atoms with E-state index in [1.165, 1.54) is 12.1 Å². The van der Waals surface area contributed by atoms with E-state index in [2.05, 4.69) is 34.8 Å². The van der Waals surface area contributed by atoms with Crippen molar-refractivity contribution in [1.82, 2.24) is 19.9 Å². The third kappa shape index (κ3) is 4.34. The molecule has 0 saturated heterocycles. The Morgan fingerprint density at radius 3 is 2.71 bits per heavy atom. The Kier molecular flexibility index (Phi) is 6.65. The van der Waals surface area contributed by atoms with Crippen LogP contribution in [0, 0.1) is 24.1 Å². The van der Waals surface area contributed by atoms with Crippen molar-refractivity contribution in [3.05, 3.63) is 41.3 Å². The predicted molar refractivity (Wildman–Crippen MR) is 112 cm³/mol. The summed E-state index contributed by atoms with van der Waals surface area (Å²) in [6.07, 6.45) is 2.70. The summed E-state index contributed by atoms with van der Waals surface area (Å²) < 4.78 is 13.6. The van der Waals surface area contributed by atoms with Gasteiger partial charge in [-0.05, 0) is 56.7 Å². The average Bonchev–Trinajstić information content (AvgIpc) is 3.11. The molecule has 0 fully saturated rings. The van der Waals surface area contributed by atoms with Crippen LogP contribution in [-0.4, -0.2) is 45.2 Å². The summed E-state index contributed by atoms with van der Waals surface area (Å²) in [5.74, 6) is 0.627. The first-order valence-electron chi connectivity index (χ1n) is 9.48. The minimum atomic E-state index is -0.285. The van der Waals surface area contributed by atoms with E-state index in [9.17, 15) is 9.65 Å². The molecule has 2 heterocycles. The molecule has 2 aromatic heterocycles. The maximum Gasteiger partial charge on any atom is 0.190 e. The summed E-state index contributed by atoms with van der Waals surface area (Å²) in [6.45, 7) is 9.34. The molecule has 1 N–H and O–H groups in total. The maximum atomic E-state index is 13.6. The molecule has 146 valence electrons. The van der Waals surface area contributed by atoms with Crippen LogP contribution < -0.4 is 0 Å². The van der Waals surface area contributed by atoms with Gasteiger partial charge < -0.3 is 9.88 Å². The van der Waals surface area contributed by atoms with Crippen LogP contribution in [-0.2, 0) is 0 Å². The van der Waals surface area contributed by atoms with Crippen molar-refractivity contribution in [2.24, 2.45) is 0 Å². The van der Waals surface area contributed by atoms with Gasteiger partial charge in [-0.25, -0.2) is 14.4 Å². The molecule has 0 aliphatic carbocycles. The van der Waals surface area contributed by atoms with Crippen molar-refractivity contribution >= 4 is 22.8 Å². The molecular weight excluding hydrogens is 373 g/mol. The Bertz CT molecular complexity index is 1000. The second kappa shape index (κ2) is 9.18. The van der Waals surface area contributed by atoms with Crippen LogP contribution >= 0.6 is 11.8 Å². The number of H-pyrrole nitrogens is 1. The second-order valence-corrected chi connectivity index (χ2v) is 7.64. The number of aromatic amines is 1. The molecule has 5 nitrogen and oxygen atoms in total. The summed E-state index contributed by atoms with van der Waals surface area (Å²) in [5.41, 5.74) is 3.40. The number of halogens is 1. The molecule has 28 heavy (non-hydrogen) atoms. The molecule has 0 amide bonds. The van der Waals surface area contributed by atoms with Gasteiger partial charge in [-0.15, -0.1) is 0 Å². The van der Waals surface area contributed by atoms with Crippen molar-refractivity contribution in [2.75, 3.05) is 25.4 Å². The molecule has 0 atom stereocenters. The van der Waals surface area contributed by atoms with Crippen LogP contribution in [0.1, 0.15) is 31.4 Å². The summed E-state index contributed by atoms with van der Waals surface area (Å²) in [4.78, 5) is 14.8. The Morgan fingerprint density at radius 2 is 2.04 bits per heavy atom. The van der Waals surface area contributed by atoms with Gasteiger partial charge >= 0.3 is 0 Å². The molecule has 3 aromatic rings. The van der Waals surface area contributed by atoms with Gasteiger partial charge in [-0.1, -0.05) is 25.6 Å². The van der Waals surface area contributed by atoms with E-state index in [1.54, 1.807) is 24.0 Å². The SMILES string of the molecule is CCN(CC)CCCSc1nc(-c2ccc(F)cc2C)c2c(C#N)c[nH]c2n1. The zero-order chi connectivity index (χ0) is 20.1. The van der Waals surface area contributed by atoms with Crippen LogP contribution in [0.4, 0.5) is 4.39 Å². The predicted octanol–water partition coefficient (Wildman–Crippen LogP) is 4.77. The lowest BCUT2D eigenvalue weighted by atomic mass is 10.0. The van der Waals surface area contributed by atoms with E-state index >= 15 is 0 Å². The highest BCUT2D eigenvalue weighted by Crippen LogP contribution is 2.32. The summed E-state index contributed by atoms with van der Waals surface area (Å²) in [5, 5.41) is 10.8. The first kappa shape index (κ1) is 20.3. The Balaban J connectivity index is 1.93.